The molecule has 1 heterocycles. The largest absolute Gasteiger partial charge is 0.348 e. The van der Waals surface area contributed by atoms with Crippen molar-refractivity contribution in [3.63, 3.8) is 0 Å². The monoisotopic (exact) mass is 250 g/mol. The van der Waals surface area contributed by atoms with E-state index in [-0.39, 0.29) is 23.8 Å². The van der Waals surface area contributed by atoms with Gasteiger partial charge in [-0.2, -0.15) is 0 Å². The van der Waals surface area contributed by atoms with Crippen LogP contribution >= 0.6 is 0 Å². The first-order valence-electron chi connectivity index (χ1n) is 6.37. The molecule has 1 aromatic rings. The Labute approximate surface area is 107 Å². The lowest BCUT2D eigenvalue weighted by molar-refractivity contribution is -0.124. The van der Waals surface area contributed by atoms with Crippen LogP contribution in [0.25, 0.3) is 0 Å². The Kier molecular flexibility index (Phi) is 3.97. The molecule has 1 aliphatic heterocycles. The van der Waals surface area contributed by atoms with Gasteiger partial charge in [0.2, 0.25) is 5.91 Å². The van der Waals surface area contributed by atoms with E-state index in [4.69, 9.17) is 0 Å². The second-order valence-electron chi connectivity index (χ2n) is 4.98. The van der Waals surface area contributed by atoms with Crippen LogP contribution in [0.15, 0.2) is 24.3 Å². The number of hydrogen-bond donors (Lipinski definition) is 2. The zero-order valence-electron chi connectivity index (χ0n) is 10.7. The summed E-state index contributed by atoms with van der Waals surface area (Å²) in [5.41, 5.74) is 0.786. The van der Waals surface area contributed by atoms with Gasteiger partial charge in [0.1, 0.15) is 5.82 Å². The number of rotatable bonds is 3. The Bertz CT molecular complexity index is 436. The first-order chi connectivity index (χ1) is 8.58. The molecule has 18 heavy (non-hydrogen) atoms. The molecule has 1 aliphatic rings. The van der Waals surface area contributed by atoms with Gasteiger partial charge in [-0.1, -0.05) is 19.1 Å². The van der Waals surface area contributed by atoms with Gasteiger partial charge in [-0.3, -0.25) is 4.79 Å². The number of hydrogen-bond acceptors (Lipinski definition) is 2. The SMILES string of the molecule is CC(NC(=O)C1NCCC1C)c1cccc(F)c1. The van der Waals surface area contributed by atoms with Crippen LogP contribution < -0.4 is 10.6 Å². The molecule has 1 fully saturated rings. The minimum atomic E-state index is -0.277. The zero-order chi connectivity index (χ0) is 13.1. The highest BCUT2D eigenvalue weighted by Gasteiger charge is 2.29. The first-order valence-corrected chi connectivity index (χ1v) is 6.37. The standard InChI is InChI=1S/C14H19FN2O/c1-9-6-7-16-13(9)14(18)17-10(2)11-4-3-5-12(15)8-11/h3-5,8-10,13,16H,6-7H2,1-2H3,(H,17,18). The van der Waals surface area contributed by atoms with Crippen molar-refractivity contribution in [1.29, 1.82) is 0 Å². The smallest absolute Gasteiger partial charge is 0.237 e. The Morgan fingerprint density at radius 2 is 2.33 bits per heavy atom. The number of benzene rings is 1. The lowest BCUT2D eigenvalue weighted by Gasteiger charge is -2.20. The lowest BCUT2D eigenvalue weighted by Crippen LogP contribution is -2.44. The van der Waals surface area contributed by atoms with E-state index in [1.165, 1.54) is 12.1 Å². The Hall–Kier alpha value is -1.42. The fraction of sp³-hybridized carbons (Fsp3) is 0.500. The molecule has 98 valence electrons. The normalized spacial score (nSPS) is 24.8. The highest BCUT2D eigenvalue weighted by Crippen LogP contribution is 2.17. The van der Waals surface area contributed by atoms with Gasteiger partial charge >= 0.3 is 0 Å². The third-order valence-electron chi connectivity index (χ3n) is 3.52. The molecule has 1 saturated heterocycles. The molecule has 3 unspecified atom stereocenters. The second kappa shape index (κ2) is 5.48. The average Bonchev–Trinajstić information content (AvgIpc) is 2.75. The zero-order valence-corrected chi connectivity index (χ0v) is 10.7. The fourth-order valence-electron chi connectivity index (χ4n) is 2.35. The molecule has 0 spiro atoms. The van der Waals surface area contributed by atoms with Gasteiger partial charge in [0.05, 0.1) is 12.1 Å². The van der Waals surface area contributed by atoms with Crippen molar-refractivity contribution in [3.8, 4) is 0 Å². The Balaban J connectivity index is 1.98. The van der Waals surface area contributed by atoms with Gasteiger partial charge in [-0.15, -0.1) is 0 Å². The maximum Gasteiger partial charge on any atom is 0.237 e. The molecule has 1 aromatic carbocycles. The van der Waals surface area contributed by atoms with Gasteiger partial charge in [0, 0.05) is 0 Å². The predicted octanol–water partition coefficient (Wildman–Crippen LogP) is 2.00. The highest BCUT2D eigenvalue weighted by atomic mass is 19.1. The molecular formula is C14H19FN2O. The Morgan fingerprint density at radius 1 is 1.56 bits per heavy atom. The molecule has 0 aromatic heterocycles. The van der Waals surface area contributed by atoms with E-state index in [1.54, 1.807) is 6.07 Å². The summed E-state index contributed by atoms with van der Waals surface area (Å²) in [7, 11) is 0. The number of halogens is 1. The minimum absolute atomic E-state index is 0.00300. The van der Waals surface area contributed by atoms with Gasteiger partial charge in [-0.25, -0.2) is 4.39 Å². The molecule has 0 bridgehead atoms. The summed E-state index contributed by atoms with van der Waals surface area (Å²) in [5, 5.41) is 6.12. The van der Waals surface area contributed by atoms with Crippen LogP contribution in [-0.2, 0) is 4.79 Å². The maximum atomic E-state index is 13.1. The quantitative estimate of drug-likeness (QED) is 0.861. The topological polar surface area (TPSA) is 41.1 Å². The van der Waals surface area contributed by atoms with Gasteiger partial charge < -0.3 is 10.6 Å². The highest BCUT2D eigenvalue weighted by molar-refractivity contribution is 5.82. The summed E-state index contributed by atoms with van der Waals surface area (Å²) in [4.78, 5) is 12.1. The third kappa shape index (κ3) is 2.88. The molecule has 0 saturated carbocycles. The molecule has 2 rings (SSSR count). The lowest BCUT2D eigenvalue weighted by atomic mass is 10.0. The van der Waals surface area contributed by atoms with Crippen molar-refractivity contribution < 1.29 is 9.18 Å². The van der Waals surface area contributed by atoms with Crippen LogP contribution in [0, 0.1) is 11.7 Å². The molecule has 3 atom stereocenters. The molecule has 0 radical (unpaired) electrons. The third-order valence-corrected chi connectivity index (χ3v) is 3.52. The van der Waals surface area contributed by atoms with Crippen molar-refractivity contribution in [1.82, 2.24) is 10.6 Å². The van der Waals surface area contributed by atoms with E-state index in [2.05, 4.69) is 17.6 Å². The second-order valence-corrected chi connectivity index (χ2v) is 4.98. The Morgan fingerprint density at radius 3 is 2.94 bits per heavy atom. The minimum Gasteiger partial charge on any atom is -0.348 e. The first kappa shape index (κ1) is 13.0. The van der Waals surface area contributed by atoms with Crippen molar-refractivity contribution in [2.24, 2.45) is 5.92 Å². The summed E-state index contributed by atoms with van der Waals surface area (Å²) in [5.74, 6) is 0.0717. The van der Waals surface area contributed by atoms with Crippen LogP contribution in [-0.4, -0.2) is 18.5 Å². The van der Waals surface area contributed by atoms with Gasteiger partial charge in [0.25, 0.3) is 0 Å². The van der Waals surface area contributed by atoms with E-state index in [1.807, 2.05) is 13.0 Å². The van der Waals surface area contributed by atoms with Crippen molar-refractivity contribution in [2.75, 3.05) is 6.54 Å². The van der Waals surface area contributed by atoms with Crippen LogP contribution in [0.4, 0.5) is 4.39 Å². The van der Waals surface area contributed by atoms with E-state index in [0.717, 1.165) is 18.5 Å². The average molecular weight is 250 g/mol. The number of carbonyl (C=O) groups excluding carboxylic acids is 1. The summed E-state index contributed by atoms with van der Waals surface area (Å²) >= 11 is 0. The molecular weight excluding hydrogens is 231 g/mol. The molecule has 1 amide bonds. The fourth-order valence-corrected chi connectivity index (χ4v) is 2.35. The maximum absolute atomic E-state index is 13.1. The molecule has 0 aliphatic carbocycles. The number of carbonyl (C=O) groups is 1. The van der Waals surface area contributed by atoms with Gasteiger partial charge in [0.15, 0.2) is 0 Å². The van der Waals surface area contributed by atoms with E-state index in [0.29, 0.717) is 5.92 Å². The van der Waals surface area contributed by atoms with Crippen LogP contribution in [0.5, 0.6) is 0 Å². The predicted molar refractivity (Wildman–Crippen MR) is 68.5 cm³/mol. The molecule has 4 heteroatoms. The number of nitrogens with one attached hydrogen (secondary N) is 2. The number of amides is 1. The van der Waals surface area contributed by atoms with Crippen LogP contribution in [0.2, 0.25) is 0 Å². The van der Waals surface area contributed by atoms with Crippen LogP contribution in [0.1, 0.15) is 31.9 Å². The summed E-state index contributed by atoms with van der Waals surface area (Å²) in [6, 6.07) is 6.03. The van der Waals surface area contributed by atoms with E-state index < -0.39 is 0 Å². The van der Waals surface area contributed by atoms with Crippen molar-refractivity contribution in [3.05, 3.63) is 35.6 Å². The van der Waals surface area contributed by atoms with Gasteiger partial charge in [-0.05, 0) is 43.5 Å². The molecule has 2 N–H and O–H groups in total. The van der Waals surface area contributed by atoms with E-state index >= 15 is 0 Å². The summed E-state index contributed by atoms with van der Waals surface area (Å²) < 4.78 is 13.1. The summed E-state index contributed by atoms with van der Waals surface area (Å²) in [6.07, 6.45) is 1.02. The van der Waals surface area contributed by atoms with Crippen LogP contribution in [0.3, 0.4) is 0 Å². The van der Waals surface area contributed by atoms with E-state index in [9.17, 15) is 9.18 Å². The van der Waals surface area contributed by atoms with Crippen molar-refractivity contribution in [2.45, 2.75) is 32.4 Å². The molecule has 3 nitrogen and oxygen atoms in total. The summed E-state index contributed by atoms with van der Waals surface area (Å²) in [6.45, 7) is 4.82. The van der Waals surface area contributed by atoms with Crippen molar-refractivity contribution >= 4 is 5.91 Å².